The van der Waals surface area contributed by atoms with Gasteiger partial charge in [-0.2, -0.15) is 0 Å². The van der Waals surface area contributed by atoms with Crippen molar-refractivity contribution in [3.63, 3.8) is 0 Å². The van der Waals surface area contributed by atoms with E-state index in [-0.39, 0.29) is 11.5 Å². The minimum absolute atomic E-state index is 0.187. The van der Waals surface area contributed by atoms with Crippen LogP contribution in [-0.4, -0.2) is 59.8 Å². The lowest BCUT2D eigenvalue weighted by molar-refractivity contribution is -0.117. The highest BCUT2D eigenvalue weighted by Crippen LogP contribution is 2.57. The molecule has 0 aromatic carbocycles. The standard InChI is InChI=1S/C31H48N2O/c34-28-17-13-11-15-20-33-24-27-22-26-16-12-9-7-5-3-1-2-4-6-8-10-14-19-32-21-18-29(27)31(23-28,25-32)30(26)33/h8,10-11,13,15,17,22,27-30,34H,1-7,9,12,14,16,18-21,23-25H2/b10-8-,15-11+,17-13-. The maximum absolute atomic E-state index is 11.1. The van der Waals surface area contributed by atoms with Crippen LogP contribution in [0, 0.1) is 17.3 Å². The summed E-state index contributed by atoms with van der Waals surface area (Å²) < 4.78 is 0. The normalized spacial score (nSPS) is 44.7. The maximum Gasteiger partial charge on any atom is 0.0730 e. The minimum atomic E-state index is -0.339. The molecule has 7 unspecified atom stereocenters. The number of aliphatic hydroxyl groups excluding tert-OH is 1. The Morgan fingerprint density at radius 3 is 2.53 bits per heavy atom. The predicted molar refractivity (Wildman–Crippen MR) is 143 cm³/mol. The van der Waals surface area contributed by atoms with Gasteiger partial charge in [0.1, 0.15) is 0 Å². The van der Waals surface area contributed by atoms with Gasteiger partial charge in [0, 0.05) is 37.6 Å². The summed E-state index contributed by atoms with van der Waals surface area (Å²) in [5, 5.41) is 11.1. The van der Waals surface area contributed by atoms with Gasteiger partial charge in [-0.3, -0.25) is 4.90 Å². The zero-order valence-electron chi connectivity index (χ0n) is 21.4. The molecule has 2 saturated heterocycles. The number of allylic oxidation sites excluding steroid dienone is 3. The molecule has 6 rings (SSSR count). The van der Waals surface area contributed by atoms with Crippen molar-refractivity contribution in [2.45, 2.75) is 95.6 Å². The smallest absolute Gasteiger partial charge is 0.0730 e. The molecule has 0 aromatic heterocycles. The molecule has 2 fully saturated rings. The Hall–Kier alpha value is -1.16. The fourth-order valence-electron chi connectivity index (χ4n) is 8.15. The van der Waals surface area contributed by atoms with Gasteiger partial charge in [-0.05, 0) is 63.3 Å². The molecule has 1 spiro atoms. The summed E-state index contributed by atoms with van der Waals surface area (Å²) in [4.78, 5) is 5.55. The summed E-state index contributed by atoms with van der Waals surface area (Å²) in [6.45, 7) is 5.84. The third kappa shape index (κ3) is 5.47. The zero-order valence-corrected chi connectivity index (χ0v) is 21.4. The molecule has 1 aliphatic carbocycles. The summed E-state index contributed by atoms with van der Waals surface area (Å²) in [5.74, 6) is 1.39. The second kappa shape index (κ2) is 11.7. The van der Waals surface area contributed by atoms with Crippen LogP contribution < -0.4 is 0 Å². The van der Waals surface area contributed by atoms with Crippen LogP contribution in [0.25, 0.3) is 0 Å². The van der Waals surface area contributed by atoms with Gasteiger partial charge in [-0.25, -0.2) is 0 Å². The Morgan fingerprint density at radius 1 is 0.853 bits per heavy atom. The van der Waals surface area contributed by atoms with Gasteiger partial charge in [-0.15, -0.1) is 0 Å². The number of hydrogen-bond acceptors (Lipinski definition) is 3. The van der Waals surface area contributed by atoms with Crippen LogP contribution in [0.2, 0.25) is 0 Å². The number of nitrogens with zero attached hydrogens (tertiary/aromatic N) is 2. The SMILES string of the molecule is OC1/C=C\C=C\CN2CC3C=C4CCCCCCCCCC/C=C\CCN5CCC3C(C1)(C5)C42. The molecule has 5 heterocycles. The molecular weight excluding hydrogens is 416 g/mol. The number of piperidine rings is 2. The highest BCUT2D eigenvalue weighted by molar-refractivity contribution is 5.31. The fourth-order valence-corrected chi connectivity index (χ4v) is 8.15. The third-order valence-corrected chi connectivity index (χ3v) is 9.54. The largest absolute Gasteiger partial charge is 0.389 e. The first-order chi connectivity index (χ1) is 16.8. The molecule has 188 valence electrons. The summed E-state index contributed by atoms with van der Waals surface area (Å²) in [6, 6.07) is 0.508. The molecule has 6 bridgehead atoms. The average molecular weight is 465 g/mol. The molecular formula is C31H48N2O. The van der Waals surface area contributed by atoms with E-state index >= 15 is 0 Å². The van der Waals surface area contributed by atoms with E-state index in [0.29, 0.717) is 12.0 Å². The Kier molecular flexibility index (Phi) is 8.45. The van der Waals surface area contributed by atoms with E-state index in [9.17, 15) is 5.11 Å². The highest BCUT2D eigenvalue weighted by Gasteiger charge is 2.59. The van der Waals surface area contributed by atoms with Gasteiger partial charge in [-0.1, -0.05) is 86.6 Å². The molecule has 0 amide bonds. The van der Waals surface area contributed by atoms with Crippen LogP contribution in [0.1, 0.15) is 83.5 Å². The Balaban J connectivity index is 1.42. The van der Waals surface area contributed by atoms with Crippen molar-refractivity contribution in [2.24, 2.45) is 17.3 Å². The molecule has 34 heavy (non-hydrogen) atoms. The van der Waals surface area contributed by atoms with E-state index < -0.39 is 0 Å². The molecule has 3 nitrogen and oxygen atoms in total. The van der Waals surface area contributed by atoms with Crippen molar-refractivity contribution in [3.8, 4) is 0 Å². The van der Waals surface area contributed by atoms with Crippen molar-refractivity contribution in [2.75, 3.05) is 32.7 Å². The Labute approximate surface area is 208 Å². The van der Waals surface area contributed by atoms with E-state index in [4.69, 9.17) is 0 Å². The zero-order chi connectivity index (χ0) is 23.2. The van der Waals surface area contributed by atoms with Crippen molar-refractivity contribution >= 4 is 0 Å². The summed E-state index contributed by atoms with van der Waals surface area (Å²) in [5.41, 5.74) is 1.91. The first-order valence-corrected chi connectivity index (χ1v) is 14.6. The first kappa shape index (κ1) is 24.5. The van der Waals surface area contributed by atoms with Gasteiger partial charge >= 0.3 is 0 Å². The van der Waals surface area contributed by atoms with E-state index in [1.165, 1.54) is 96.7 Å². The van der Waals surface area contributed by atoms with E-state index in [1.807, 2.05) is 6.08 Å². The van der Waals surface area contributed by atoms with Crippen molar-refractivity contribution in [1.82, 2.24) is 9.80 Å². The van der Waals surface area contributed by atoms with Crippen molar-refractivity contribution in [1.29, 1.82) is 0 Å². The number of aliphatic hydroxyl groups is 1. The molecule has 5 aliphatic heterocycles. The second-order valence-electron chi connectivity index (χ2n) is 11.9. The predicted octanol–water partition coefficient (Wildman–Crippen LogP) is 6.27. The van der Waals surface area contributed by atoms with E-state index in [0.717, 1.165) is 25.4 Å². The number of rotatable bonds is 0. The number of fused-ring (bicyclic) bond motifs is 1. The van der Waals surface area contributed by atoms with Crippen LogP contribution in [0.15, 0.2) is 48.1 Å². The Bertz CT molecular complexity index is 782. The van der Waals surface area contributed by atoms with Crippen molar-refractivity contribution < 1.29 is 5.11 Å². The minimum Gasteiger partial charge on any atom is -0.389 e. The lowest BCUT2D eigenvalue weighted by Crippen LogP contribution is -2.69. The fraction of sp³-hybridized carbons (Fsp3) is 0.742. The second-order valence-corrected chi connectivity index (χ2v) is 11.9. The molecule has 7 atom stereocenters. The number of hydrogen-bond donors (Lipinski definition) is 1. The first-order valence-electron chi connectivity index (χ1n) is 14.6. The highest BCUT2D eigenvalue weighted by atomic mass is 16.3. The molecule has 0 aromatic rings. The molecule has 0 radical (unpaired) electrons. The van der Waals surface area contributed by atoms with Gasteiger partial charge in [0.15, 0.2) is 0 Å². The average Bonchev–Trinajstić information content (AvgIpc) is 2.83. The van der Waals surface area contributed by atoms with Gasteiger partial charge in [0.25, 0.3) is 0 Å². The molecule has 3 heteroatoms. The topological polar surface area (TPSA) is 26.7 Å². The summed E-state index contributed by atoms with van der Waals surface area (Å²) in [7, 11) is 0. The molecule has 0 saturated carbocycles. The van der Waals surface area contributed by atoms with Gasteiger partial charge in [0.05, 0.1) is 6.10 Å². The van der Waals surface area contributed by atoms with E-state index in [1.54, 1.807) is 5.57 Å². The Morgan fingerprint density at radius 2 is 1.65 bits per heavy atom. The van der Waals surface area contributed by atoms with Crippen LogP contribution in [0.5, 0.6) is 0 Å². The van der Waals surface area contributed by atoms with Crippen LogP contribution in [0.4, 0.5) is 0 Å². The summed E-state index contributed by atoms with van der Waals surface area (Å²) in [6.07, 6.45) is 32.9. The molecule has 1 N–H and O–H groups in total. The quantitative estimate of drug-likeness (QED) is 0.428. The lowest BCUT2D eigenvalue weighted by atomic mass is 9.51. The third-order valence-electron chi connectivity index (χ3n) is 9.54. The van der Waals surface area contributed by atoms with Gasteiger partial charge in [0.2, 0.25) is 0 Å². The molecule has 6 aliphatic rings. The summed E-state index contributed by atoms with van der Waals surface area (Å²) >= 11 is 0. The van der Waals surface area contributed by atoms with E-state index in [2.05, 4.69) is 46.3 Å². The van der Waals surface area contributed by atoms with Gasteiger partial charge < -0.3 is 10.0 Å². The monoisotopic (exact) mass is 464 g/mol. The van der Waals surface area contributed by atoms with Crippen LogP contribution in [-0.2, 0) is 0 Å². The maximum atomic E-state index is 11.1. The van der Waals surface area contributed by atoms with Crippen molar-refractivity contribution in [3.05, 3.63) is 48.1 Å². The lowest BCUT2D eigenvalue weighted by Gasteiger charge is -2.64. The van der Waals surface area contributed by atoms with Crippen LogP contribution in [0.3, 0.4) is 0 Å². The van der Waals surface area contributed by atoms with Crippen LogP contribution >= 0.6 is 0 Å².